The Morgan fingerprint density at radius 3 is 2.67 bits per heavy atom. The summed E-state index contributed by atoms with van der Waals surface area (Å²) in [5.41, 5.74) is 2.65. The van der Waals surface area contributed by atoms with Crippen molar-refractivity contribution in [3.05, 3.63) is 48.0 Å². The molecule has 1 aromatic heterocycles. The Balaban J connectivity index is 0.00000306. The zero-order valence-electron chi connectivity index (χ0n) is 18.3. The van der Waals surface area contributed by atoms with E-state index >= 15 is 0 Å². The Hall–Kier alpha value is -2.82. The zero-order chi connectivity index (χ0) is 22.9. The molecular formula is C23H29FN4O4S. The lowest BCUT2D eigenvalue weighted by atomic mass is 10.1. The number of hydrogen-bond acceptors (Lipinski definition) is 8. The van der Waals surface area contributed by atoms with Crippen molar-refractivity contribution in [2.75, 3.05) is 38.2 Å². The molecular weight excluding hydrogens is 447 g/mol. The smallest absolute Gasteiger partial charge is 0.150 e. The normalized spacial score (nSPS) is 18.1. The van der Waals surface area contributed by atoms with Crippen LogP contribution in [-0.2, 0) is 19.2 Å². The van der Waals surface area contributed by atoms with Gasteiger partial charge in [-0.25, -0.2) is 18.6 Å². The van der Waals surface area contributed by atoms with Crippen LogP contribution in [0.25, 0.3) is 10.9 Å². The number of aromatic nitrogens is 2. The summed E-state index contributed by atoms with van der Waals surface area (Å²) in [6.45, 7) is 2.68. The van der Waals surface area contributed by atoms with Crippen molar-refractivity contribution in [3.63, 3.8) is 0 Å². The molecule has 0 saturated carbocycles. The molecule has 1 aliphatic rings. The molecule has 8 nitrogen and oxygen atoms in total. The molecule has 0 unspecified atom stereocenters. The summed E-state index contributed by atoms with van der Waals surface area (Å²) in [5.74, 6) is 0.446. The van der Waals surface area contributed by atoms with E-state index in [4.69, 9.17) is 14.2 Å². The molecule has 1 fully saturated rings. The quantitative estimate of drug-likeness (QED) is 0.555. The maximum Gasteiger partial charge on any atom is 0.150 e. The van der Waals surface area contributed by atoms with E-state index in [0.29, 0.717) is 41.7 Å². The van der Waals surface area contributed by atoms with Gasteiger partial charge in [0.1, 0.15) is 29.8 Å². The highest BCUT2D eigenvalue weighted by Crippen LogP contribution is 2.34. The van der Waals surface area contributed by atoms with Crippen LogP contribution in [0, 0.1) is 12.7 Å². The molecule has 0 spiro atoms. The maximum absolute atomic E-state index is 14.0. The molecule has 1 N–H and O–H groups in total. The summed E-state index contributed by atoms with van der Waals surface area (Å²) in [6, 6.07) is 7.87. The molecule has 2 aromatic carbocycles. The molecule has 178 valence electrons. The molecule has 1 aliphatic heterocycles. The van der Waals surface area contributed by atoms with Gasteiger partial charge in [-0.3, -0.25) is 0 Å². The fourth-order valence-corrected chi connectivity index (χ4v) is 4.22. The number of nitrogens with zero attached hydrogens (tertiary/aromatic N) is 3. The van der Waals surface area contributed by atoms with Gasteiger partial charge in [-0.15, -0.1) is 0 Å². The van der Waals surface area contributed by atoms with Crippen molar-refractivity contribution >= 4 is 37.8 Å². The van der Waals surface area contributed by atoms with Crippen molar-refractivity contribution in [3.8, 4) is 5.75 Å². The summed E-state index contributed by atoms with van der Waals surface area (Å²) in [4.78, 5) is 8.73. The second-order valence-corrected chi connectivity index (χ2v) is 10.4. The van der Waals surface area contributed by atoms with Crippen LogP contribution in [0.5, 0.6) is 5.75 Å². The predicted octanol–water partition coefficient (Wildman–Crippen LogP) is 4.61. The maximum atomic E-state index is 14.0. The highest BCUT2D eigenvalue weighted by Gasteiger charge is 2.30. The van der Waals surface area contributed by atoms with E-state index < -0.39 is 15.5 Å². The fourth-order valence-electron chi connectivity index (χ4n) is 3.61. The molecule has 10 heteroatoms. The average Bonchev–Trinajstić information content (AvgIpc) is 3.15. The molecule has 2 atom stereocenters. The van der Waals surface area contributed by atoms with Crippen LogP contribution in [0.15, 0.2) is 41.0 Å². The molecule has 0 radical (unpaired) electrons. The highest BCUT2D eigenvalue weighted by atomic mass is 32.2. The first-order valence-electron chi connectivity index (χ1n) is 10.00. The lowest BCUT2D eigenvalue weighted by Gasteiger charge is -2.21. The van der Waals surface area contributed by atoms with Crippen molar-refractivity contribution in [2.45, 2.75) is 26.6 Å². The number of fused-ring (bicyclic) bond motifs is 1. The summed E-state index contributed by atoms with van der Waals surface area (Å²) in [7, 11) is -0.716. The molecule has 33 heavy (non-hydrogen) atoms. The zero-order valence-corrected chi connectivity index (χ0v) is 19.1. The van der Waals surface area contributed by atoms with Gasteiger partial charge in [-0.1, -0.05) is 7.43 Å². The van der Waals surface area contributed by atoms with Crippen LogP contribution < -0.4 is 10.1 Å². The fraction of sp³-hybridized carbons (Fsp3) is 0.391. The standard InChI is InChI=1S/C22H25FN4O4S.CH4/c1-13-7-15(27-32(3,4)28)9-17-21(13)22(25-12-24-17)26-16-6-5-14(23)8-18(16)31-20-11-30-10-19(20)29-2;/h5-9,12,19-20H,10-11H2,1-4H3,(H,24,25,26);1H4/t19-,20+;/m1./s1. The van der Waals surface area contributed by atoms with Gasteiger partial charge in [-0.2, -0.15) is 4.36 Å². The van der Waals surface area contributed by atoms with Crippen molar-refractivity contribution < 1.29 is 22.8 Å². The van der Waals surface area contributed by atoms with Crippen molar-refractivity contribution in [1.29, 1.82) is 0 Å². The second-order valence-electron chi connectivity index (χ2n) is 7.89. The molecule has 1 saturated heterocycles. The van der Waals surface area contributed by atoms with Crippen molar-refractivity contribution in [1.82, 2.24) is 9.97 Å². The van der Waals surface area contributed by atoms with E-state index in [-0.39, 0.29) is 19.6 Å². The first kappa shape index (κ1) is 24.8. The predicted molar refractivity (Wildman–Crippen MR) is 129 cm³/mol. The third kappa shape index (κ3) is 5.76. The van der Waals surface area contributed by atoms with Gasteiger partial charge in [0.2, 0.25) is 0 Å². The van der Waals surface area contributed by atoms with E-state index in [1.807, 2.05) is 13.0 Å². The first-order valence-corrected chi connectivity index (χ1v) is 12.3. The molecule has 3 aromatic rings. The topological polar surface area (TPSA) is 94.9 Å². The van der Waals surface area contributed by atoms with Gasteiger partial charge >= 0.3 is 0 Å². The lowest BCUT2D eigenvalue weighted by Crippen LogP contribution is -2.31. The average molecular weight is 477 g/mol. The largest absolute Gasteiger partial charge is 0.483 e. The summed E-state index contributed by atoms with van der Waals surface area (Å²) >= 11 is 0. The number of ether oxygens (including phenoxy) is 3. The van der Waals surface area contributed by atoms with E-state index in [9.17, 15) is 8.60 Å². The first-order chi connectivity index (χ1) is 15.2. The number of hydrogen-bond donors (Lipinski definition) is 1. The van der Waals surface area contributed by atoms with Gasteiger partial charge in [0, 0.05) is 40.8 Å². The molecule has 4 rings (SSSR count). The second kappa shape index (κ2) is 9.98. The minimum Gasteiger partial charge on any atom is -0.483 e. The number of rotatable bonds is 6. The molecule has 0 bridgehead atoms. The van der Waals surface area contributed by atoms with Crippen LogP contribution in [0.3, 0.4) is 0 Å². The van der Waals surface area contributed by atoms with Crippen molar-refractivity contribution in [2.24, 2.45) is 4.36 Å². The van der Waals surface area contributed by atoms with E-state index in [1.165, 1.54) is 18.5 Å². The highest BCUT2D eigenvalue weighted by molar-refractivity contribution is 7.92. The number of nitrogens with one attached hydrogen (secondary N) is 1. The van der Waals surface area contributed by atoms with E-state index in [0.717, 1.165) is 10.9 Å². The van der Waals surface area contributed by atoms with Crippen LogP contribution in [0.4, 0.5) is 21.6 Å². The minimum absolute atomic E-state index is 0. The van der Waals surface area contributed by atoms with Crippen LogP contribution >= 0.6 is 0 Å². The number of benzene rings is 2. The summed E-state index contributed by atoms with van der Waals surface area (Å²) < 4.78 is 47.2. The number of halogens is 1. The van der Waals surface area contributed by atoms with E-state index in [2.05, 4.69) is 19.6 Å². The monoisotopic (exact) mass is 476 g/mol. The third-order valence-electron chi connectivity index (χ3n) is 5.00. The number of methoxy groups -OCH3 is 1. The Bertz CT molecular complexity index is 1270. The van der Waals surface area contributed by atoms with Crippen LogP contribution in [0.2, 0.25) is 0 Å². The third-order valence-corrected chi connectivity index (χ3v) is 5.65. The molecule has 0 aliphatic carbocycles. The molecule has 2 heterocycles. The Labute approximate surface area is 193 Å². The van der Waals surface area contributed by atoms with Gasteiger partial charge < -0.3 is 19.5 Å². The number of anilines is 2. The van der Waals surface area contributed by atoms with Gasteiger partial charge in [0.05, 0.1) is 30.1 Å². The van der Waals surface area contributed by atoms with Gasteiger partial charge in [0.25, 0.3) is 0 Å². The Kier molecular flexibility index (Phi) is 7.51. The molecule has 0 amide bonds. The van der Waals surface area contributed by atoms with E-state index in [1.54, 1.807) is 31.8 Å². The van der Waals surface area contributed by atoms with Gasteiger partial charge in [-0.05, 0) is 36.8 Å². The lowest BCUT2D eigenvalue weighted by molar-refractivity contribution is 0.0328. The Morgan fingerprint density at radius 2 is 1.94 bits per heavy atom. The van der Waals surface area contributed by atoms with Gasteiger partial charge in [0.15, 0.2) is 6.10 Å². The summed E-state index contributed by atoms with van der Waals surface area (Å²) in [6.07, 6.45) is 4.01. The van der Waals surface area contributed by atoms with Crippen LogP contribution in [0.1, 0.15) is 13.0 Å². The van der Waals surface area contributed by atoms with Crippen LogP contribution in [-0.4, -0.2) is 59.2 Å². The SMILES string of the molecule is C.CO[C@@H]1COC[C@@H]1Oc1cc(F)ccc1Nc1ncnc2cc(N=S(C)(C)=O)cc(C)c12. The Morgan fingerprint density at radius 1 is 1.18 bits per heavy atom. The summed E-state index contributed by atoms with van der Waals surface area (Å²) in [5, 5.41) is 4.02. The number of aryl methyl sites for hydroxylation is 1. The minimum atomic E-state index is -2.31.